The van der Waals surface area contributed by atoms with Gasteiger partial charge in [-0.1, -0.05) is 30.3 Å². The van der Waals surface area contributed by atoms with Gasteiger partial charge in [0.25, 0.3) is 0 Å². The second-order valence-electron chi connectivity index (χ2n) is 4.81. The highest BCUT2D eigenvalue weighted by atomic mass is 16.2. The molecule has 5 heteroatoms. The molecule has 0 bridgehead atoms. The number of amides is 1. The van der Waals surface area contributed by atoms with Crippen LogP contribution in [0.2, 0.25) is 0 Å². The summed E-state index contributed by atoms with van der Waals surface area (Å²) >= 11 is 0. The zero-order valence-electron chi connectivity index (χ0n) is 11.6. The standard InChI is InChI=1S/C15H20N4O/c1-18(10-11-19-9-5-8-17-19)15(20)12-14(16)13-6-3-2-4-7-13/h2-9,14H,10-12,16H2,1H3. The number of carbonyl (C=O) groups excluding carboxylic acids is 1. The molecule has 1 amide bonds. The van der Waals surface area contributed by atoms with E-state index in [-0.39, 0.29) is 11.9 Å². The summed E-state index contributed by atoms with van der Waals surface area (Å²) < 4.78 is 1.81. The van der Waals surface area contributed by atoms with E-state index in [1.54, 1.807) is 22.8 Å². The van der Waals surface area contributed by atoms with E-state index in [9.17, 15) is 4.79 Å². The fourth-order valence-corrected chi connectivity index (χ4v) is 1.97. The molecule has 1 aromatic carbocycles. The molecule has 2 rings (SSSR count). The van der Waals surface area contributed by atoms with Crippen LogP contribution >= 0.6 is 0 Å². The van der Waals surface area contributed by atoms with E-state index in [0.717, 1.165) is 5.56 Å². The number of nitrogens with two attached hydrogens (primary N) is 1. The van der Waals surface area contributed by atoms with E-state index in [4.69, 9.17) is 5.73 Å². The normalized spacial score (nSPS) is 12.1. The van der Waals surface area contributed by atoms with Crippen molar-refractivity contribution in [2.75, 3.05) is 13.6 Å². The maximum atomic E-state index is 12.1. The first-order valence-electron chi connectivity index (χ1n) is 6.68. The summed E-state index contributed by atoms with van der Waals surface area (Å²) in [5.41, 5.74) is 7.05. The average Bonchev–Trinajstić information content (AvgIpc) is 2.98. The van der Waals surface area contributed by atoms with E-state index < -0.39 is 0 Å². The largest absolute Gasteiger partial charge is 0.344 e. The van der Waals surface area contributed by atoms with Crippen molar-refractivity contribution in [3.05, 3.63) is 54.4 Å². The first-order valence-corrected chi connectivity index (χ1v) is 6.68. The lowest BCUT2D eigenvalue weighted by atomic mass is 10.0. The van der Waals surface area contributed by atoms with Crippen LogP contribution in [-0.4, -0.2) is 34.2 Å². The second kappa shape index (κ2) is 6.86. The first kappa shape index (κ1) is 14.3. The lowest BCUT2D eigenvalue weighted by molar-refractivity contribution is -0.130. The van der Waals surface area contributed by atoms with Gasteiger partial charge in [0.15, 0.2) is 0 Å². The Balaban J connectivity index is 1.81. The molecule has 1 atom stereocenters. The number of aromatic nitrogens is 2. The molecule has 0 aliphatic heterocycles. The van der Waals surface area contributed by atoms with E-state index >= 15 is 0 Å². The van der Waals surface area contributed by atoms with Crippen LogP contribution in [0.4, 0.5) is 0 Å². The fraction of sp³-hybridized carbons (Fsp3) is 0.333. The van der Waals surface area contributed by atoms with Crippen LogP contribution < -0.4 is 5.73 Å². The molecular formula is C15H20N4O. The number of rotatable bonds is 6. The van der Waals surface area contributed by atoms with Crippen LogP contribution in [0.1, 0.15) is 18.0 Å². The van der Waals surface area contributed by atoms with Crippen molar-refractivity contribution in [2.45, 2.75) is 19.0 Å². The first-order chi connectivity index (χ1) is 9.66. The van der Waals surface area contributed by atoms with Gasteiger partial charge in [0.2, 0.25) is 5.91 Å². The molecule has 0 saturated carbocycles. The van der Waals surface area contributed by atoms with Gasteiger partial charge in [-0.2, -0.15) is 5.10 Å². The SMILES string of the molecule is CN(CCn1cccn1)C(=O)CC(N)c1ccccc1. The van der Waals surface area contributed by atoms with Gasteiger partial charge in [-0.25, -0.2) is 0 Å². The second-order valence-corrected chi connectivity index (χ2v) is 4.81. The van der Waals surface area contributed by atoms with Crippen LogP contribution in [0.3, 0.4) is 0 Å². The zero-order valence-corrected chi connectivity index (χ0v) is 11.6. The Bertz CT molecular complexity index is 524. The molecule has 0 saturated heterocycles. The molecular weight excluding hydrogens is 252 g/mol. The Labute approximate surface area is 119 Å². The number of benzene rings is 1. The third-order valence-corrected chi connectivity index (χ3v) is 3.27. The topological polar surface area (TPSA) is 64.2 Å². The molecule has 106 valence electrons. The summed E-state index contributed by atoms with van der Waals surface area (Å²) in [7, 11) is 1.80. The summed E-state index contributed by atoms with van der Waals surface area (Å²) in [6.07, 6.45) is 3.93. The number of carbonyl (C=O) groups is 1. The summed E-state index contributed by atoms with van der Waals surface area (Å²) in [6, 6.07) is 11.3. The maximum Gasteiger partial charge on any atom is 0.224 e. The van der Waals surface area contributed by atoms with Gasteiger partial charge in [0.05, 0.1) is 6.54 Å². The highest BCUT2D eigenvalue weighted by Crippen LogP contribution is 2.14. The van der Waals surface area contributed by atoms with Crippen LogP contribution in [0.5, 0.6) is 0 Å². The molecule has 1 aromatic heterocycles. The number of hydrogen-bond donors (Lipinski definition) is 1. The van der Waals surface area contributed by atoms with Crippen molar-refractivity contribution in [3.8, 4) is 0 Å². The van der Waals surface area contributed by atoms with Gasteiger partial charge < -0.3 is 10.6 Å². The van der Waals surface area contributed by atoms with Crippen molar-refractivity contribution < 1.29 is 4.79 Å². The summed E-state index contributed by atoms with van der Waals surface area (Å²) in [4.78, 5) is 13.8. The lowest BCUT2D eigenvalue weighted by Crippen LogP contribution is -2.32. The van der Waals surface area contributed by atoms with E-state index in [1.165, 1.54) is 0 Å². The molecule has 0 spiro atoms. The third-order valence-electron chi connectivity index (χ3n) is 3.27. The molecule has 0 aliphatic carbocycles. The average molecular weight is 272 g/mol. The van der Waals surface area contributed by atoms with Gasteiger partial charge in [-0.15, -0.1) is 0 Å². The molecule has 1 unspecified atom stereocenters. The molecule has 0 fully saturated rings. The summed E-state index contributed by atoms with van der Waals surface area (Å²) in [5.74, 6) is 0.0495. The summed E-state index contributed by atoms with van der Waals surface area (Å²) in [6.45, 7) is 1.32. The van der Waals surface area contributed by atoms with Crippen LogP contribution in [-0.2, 0) is 11.3 Å². The Morgan fingerprint density at radius 3 is 2.75 bits per heavy atom. The highest BCUT2D eigenvalue weighted by Gasteiger charge is 2.14. The van der Waals surface area contributed by atoms with Crippen LogP contribution in [0.15, 0.2) is 48.8 Å². The molecule has 0 aliphatic rings. The number of hydrogen-bond acceptors (Lipinski definition) is 3. The molecule has 2 aromatic rings. The number of likely N-dealkylation sites (N-methyl/N-ethyl adjacent to an activating group) is 1. The van der Waals surface area contributed by atoms with E-state index in [1.807, 2.05) is 42.6 Å². The quantitative estimate of drug-likeness (QED) is 0.865. The van der Waals surface area contributed by atoms with E-state index in [2.05, 4.69) is 5.10 Å². The van der Waals surface area contributed by atoms with Crippen molar-refractivity contribution >= 4 is 5.91 Å². The van der Waals surface area contributed by atoms with Crippen molar-refractivity contribution in [1.29, 1.82) is 0 Å². The zero-order chi connectivity index (χ0) is 14.4. The van der Waals surface area contributed by atoms with Crippen molar-refractivity contribution in [3.63, 3.8) is 0 Å². The smallest absolute Gasteiger partial charge is 0.224 e. The molecule has 20 heavy (non-hydrogen) atoms. The Hall–Kier alpha value is -2.14. The van der Waals surface area contributed by atoms with Crippen molar-refractivity contribution in [2.24, 2.45) is 5.73 Å². The van der Waals surface area contributed by atoms with Crippen LogP contribution in [0.25, 0.3) is 0 Å². The Kier molecular flexibility index (Phi) is 4.90. The minimum Gasteiger partial charge on any atom is -0.344 e. The monoisotopic (exact) mass is 272 g/mol. The Morgan fingerprint density at radius 2 is 2.10 bits per heavy atom. The van der Waals surface area contributed by atoms with Gasteiger partial charge in [0, 0.05) is 38.4 Å². The highest BCUT2D eigenvalue weighted by molar-refractivity contribution is 5.76. The van der Waals surface area contributed by atoms with Gasteiger partial charge >= 0.3 is 0 Å². The minimum atomic E-state index is -0.254. The maximum absolute atomic E-state index is 12.1. The fourth-order valence-electron chi connectivity index (χ4n) is 1.97. The predicted molar refractivity (Wildman–Crippen MR) is 77.9 cm³/mol. The molecule has 5 nitrogen and oxygen atoms in total. The molecule has 0 radical (unpaired) electrons. The predicted octanol–water partition coefficient (Wildman–Crippen LogP) is 1.43. The molecule has 1 heterocycles. The van der Waals surface area contributed by atoms with Crippen LogP contribution in [0, 0.1) is 0 Å². The van der Waals surface area contributed by atoms with Gasteiger partial charge in [0.1, 0.15) is 0 Å². The molecule has 2 N–H and O–H groups in total. The summed E-state index contributed by atoms with van der Waals surface area (Å²) in [5, 5.41) is 4.11. The van der Waals surface area contributed by atoms with Gasteiger partial charge in [-0.05, 0) is 11.6 Å². The Morgan fingerprint density at radius 1 is 1.35 bits per heavy atom. The van der Waals surface area contributed by atoms with Gasteiger partial charge in [-0.3, -0.25) is 9.48 Å². The third kappa shape index (κ3) is 3.93. The minimum absolute atomic E-state index is 0.0495. The number of nitrogens with zero attached hydrogens (tertiary/aromatic N) is 3. The van der Waals surface area contributed by atoms with Crippen molar-refractivity contribution in [1.82, 2.24) is 14.7 Å². The lowest BCUT2D eigenvalue weighted by Gasteiger charge is -2.19. The van der Waals surface area contributed by atoms with E-state index in [0.29, 0.717) is 19.5 Å².